The van der Waals surface area contributed by atoms with Gasteiger partial charge in [0.1, 0.15) is 6.10 Å². The molecule has 25 heavy (non-hydrogen) atoms. The van der Waals surface area contributed by atoms with Crippen molar-refractivity contribution in [3.63, 3.8) is 0 Å². The van der Waals surface area contributed by atoms with Gasteiger partial charge in [-0.25, -0.2) is 0 Å². The fraction of sp³-hybridized carbons (Fsp3) is 0.941. The molecule has 1 aliphatic rings. The highest BCUT2D eigenvalue weighted by molar-refractivity contribution is 5.75. The lowest BCUT2D eigenvalue weighted by atomic mass is 9.90. The second-order valence-corrected chi connectivity index (χ2v) is 6.79. The third-order valence-electron chi connectivity index (χ3n) is 4.73. The SMILES string of the molecule is O=C(CCCCCCCCCO)NC[C@H]1NC(CO)[C@@H](O)[C@H](O)[C@H]1O. The molecule has 0 aliphatic carbocycles. The molecule has 1 amide bonds. The van der Waals surface area contributed by atoms with Gasteiger partial charge in [-0.15, -0.1) is 0 Å². The summed E-state index contributed by atoms with van der Waals surface area (Å²) in [6.07, 6.45) is 3.57. The molecule has 8 nitrogen and oxygen atoms in total. The molecule has 1 saturated heterocycles. The minimum atomic E-state index is -1.36. The molecule has 1 fully saturated rings. The van der Waals surface area contributed by atoms with Crippen LogP contribution in [-0.2, 0) is 4.79 Å². The number of hydrogen-bond donors (Lipinski definition) is 7. The summed E-state index contributed by atoms with van der Waals surface area (Å²) < 4.78 is 0. The van der Waals surface area contributed by atoms with Crippen molar-refractivity contribution < 1.29 is 30.3 Å². The van der Waals surface area contributed by atoms with E-state index in [2.05, 4.69) is 10.6 Å². The van der Waals surface area contributed by atoms with E-state index >= 15 is 0 Å². The van der Waals surface area contributed by atoms with Crippen LogP contribution in [0.1, 0.15) is 51.4 Å². The van der Waals surface area contributed by atoms with Crippen molar-refractivity contribution in [3.8, 4) is 0 Å². The van der Waals surface area contributed by atoms with Crippen LogP contribution in [0, 0.1) is 0 Å². The molecule has 8 heteroatoms. The fourth-order valence-corrected chi connectivity index (χ4v) is 3.08. The van der Waals surface area contributed by atoms with Crippen molar-refractivity contribution in [2.75, 3.05) is 19.8 Å². The molecule has 0 aromatic heterocycles. The van der Waals surface area contributed by atoms with Gasteiger partial charge in [-0.2, -0.15) is 0 Å². The molecule has 1 unspecified atom stereocenters. The molecular formula is C17H34N2O6. The molecule has 0 aromatic carbocycles. The van der Waals surface area contributed by atoms with Crippen LogP contribution in [0.4, 0.5) is 0 Å². The summed E-state index contributed by atoms with van der Waals surface area (Å²) in [5, 5.41) is 52.9. The summed E-state index contributed by atoms with van der Waals surface area (Å²) in [6, 6.07) is -1.35. The predicted octanol–water partition coefficient (Wildman–Crippen LogP) is -1.37. The highest BCUT2D eigenvalue weighted by atomic mass is 16.4. The molecule has 1 rings (SSSR count). The first kappa shape index (κ1) is 22.3. The highest BCUT2D eigenvalue weighted by Gasteiger charge is 2.41. The third-order valence-corrected chi connectivity index (χ3v) is 4.73. The van der Waals surface area contributed by atoms with E-state index in [1.807, 2.05) is 0 Å². The lowest BCUT2D eigenvalue weighted by Gasteiger charge is -2.41. The Kier molecular flexibility index (Phi) is 11.2. The molecule has 1 aliphatic heterocycles. The van der Waals surface area contributed by atoms with Gasteiger partial charge in [0.15, 0.2) is 0 Å². The number of aliphatic hydroxyl groups is 5. The van der Waals surface area contributed by atoms with Gasteiger partial charge in [0.05, 0.1) is 30.9 Å². The van der Waals surface area contributed by atoms with Crippen molar-refractivity contribution in [2.24, 2.45) is 0 Å². The Hall–Kier alpha value is -0.770. The Morgan fingerprint density at radius 1 is 0.800 bits per heavy atom. The summed E-state index contributed by atoms with van der Waals surface area (Å²) >= 11 is 0. The van der Waals surface area contributed by atoms with Crippen LogP contribution < -0.4 is 10.6 Å². The largest absolute Gasteiger partial charge is 0.396 e. The molecular weight excluding hydrogens is 328 g/mol. The topological polar surface area (TPSA) is 142 Å². The first-order valence-corrected chi connectivity index (χ1v) is 9.30. The van der Waals surface area contributed by atoms with E-state index in [1.54, 1.807) is 0 Å². The molecule has 1 heterocycles. The van der Waals surface area contributed by atoms with Gasteiger partial charge in [0.25, 0.3) is 0 Å². The number of piperidine rings is 1. The molecule has 0 radical (unpaired) electrons. The van der Waals surface area contributed by atoms with Gasteiger partial charge in [-0.05, 0) is 12.8 Å². The molecule has 148 valence electrons. The van der Waals surface area contributed by atoms with E-state index in [9.17, 15) is 25.2 Å². The summed E-state index contributed by atoms with van der Waals surface area (Å²) in [7, 11) is 0. The van der Waals surface area contributed by atoms with Crippen molar-refractivity contribution in [3.05, 3.63) is 0 Å². The van der Waals surface area contributed by atoms with Gasteiger partial charge >= 0.3 is 0 Å². The zero-order valence-corrected chi connectivity index (χ0v) is 14.8. The van der Waals surface area contributed by atoms with Gasteiger partial charge in [-0.3, -0.25) is 4.79 Å². The van der Waals surface area contributed by atoms with E-state index in [-0.39, 0.29) is 25.7 Å². The van der Waals surface area contributed by atoms with Crippen LogP contribution >= 0.6 is 0 Å². The van der Waals surface area contributed by atoms with E-state index in [0.717, 1.165) is 44.9 Å². The van der Waals surface area contributed by atoms with E-state index in [1.165, 1.54) is 0 Å². The number of nitrogens with one attached hydrogen (secondary N) is 2. The first-order chi connectivity index (χ1) is 12.0. The fourth-order valence-electron chi connectivity index (χ4n) is 3.08. The minimum Gasteiger partial charge on any atom is -0.396 e. The summed E-state index contributed by atoms with van der Waals surface area (Å²) in [4.78, 5) is 11.9. The van der Waals surface area contributed by atoms with Crippen molar-refractivity contribution in [1.29, 1.82) is 0 Å². The van der Waals surface area contributed by atoms with Gasteiger partial charge in [0, 0.05) is 19.6 Å². The highest BCUT2D eigenvalue weighted by Crippen LogP contribution is 2.15. The lowest BCUT2D eigenvalue weighted by Crippen LogP contribution is -2.68. The Morgan fingerprint density at radius 2 is 1.36 bits per heavy atom. The maximum atomic E-state index is 11.9. The van der Waals surface area contributed by atoms with Crippen LogP contribution in [0.15, 0.2) is 0 Å². The quantitative estimate of drug-likeness (QED) is 0.212. The Bertz CT molecular complexity index is 369. The second kappa shape index (κ2) is 12.6. The van der Waals surface area contributed by atoms with Crippen LogP contribution in [-0.4, -0.2) is 81.6 Å². The monoisotopic (exact) mass is 362 g/mol. The van der Waals surface area contributed by atoms with Crippen LogP contribution in [0.3, 0.4) is 0 Å². The van der Waals surface area contributed by atoms with Gasteiger partial charge in [0.2, 0.25) is 5.91 Å². The molecule has 7 N–H and O–H groups in total. The van der Waals surface area contributed by atoms with Crippen LogP contribution in [0.5, 0.6) is 0 Å². The van der Waals surface area contributed by atoms with Gasteiger partial charge < -0.3 is 36.2 Å². The zero-order valence-electron chi connectivity index (χ0n) is 14.8. The molecule has 5 atom stereocenters. The Morgan fingerprint density at radius 3 is 1.96 bits per heavy atom. The maximum Gasteiger partial charge on any atom is 0.220 e. The smallest absolute Gasteiger partial charge is 0.220 e. The summed E-state index contributed by atoms with van der Waals surface area (Å²) in [5.74, 6) is -0.115. The lowest BCUT2D eigenvalue weighted by molar-refractivity contribution is -0.126. The van der Waals surface area contributed by atoms with E-state index in [4.69, 9.17) is 5.11 Å². The number of amides is 1. The number of unbranched alkanes of at least 4 members (excludes halogenated alkanes) is 6. The maximum absolute atomic E-state index is 11.9. The third kappa shape index (κ3) is 7.98. The number of carbonyl (C=O) groups excluding carboxylic acids is 1. The standard InChI is InChI=1S/C17H34N2O6/c20-9-7-5-3-1-2-4-6-8-14(22)18-10-12-15(23)17(25)16(24)13(11-21)19-12/h12-13,15-17,19-21,23-25H,1-11H2,(H,18,22)/t12-,13?,15+,16-,17-/m1/s1. The van der Waals surface area contributed by atoms with E-state index < -0.39 is 30.4 Å². The van der Waals surface area contributed by atoms with Crippen molar-refractivity contribution >= 4 is 5.91 Å². The zero-order chi connectivity index (χ0) is 18.7. The number of rotatable bonds is 12. The summed E-state index contributed by atoms with van der Waals surface area (Å²) in [6.45, 7) is 0.00883. The minimum absolute atomic E-state index is 0.115. The van der Waals surface area contributed by atoms with Crippen LogP contribution in [0.2, 0.25) is 0 Å². The number of aliphatic hydroxyl groups excluding tert-OH is 5. The Balaban J connectivity index is 2.14. The second-order valence-electron chi connectivity index (χ2n) is 6.79. The number of hydrogen-bond acceptors (Lipinski definition) is 7. The Labute approximate surface area is 149 Å². The first-order valence-electron chi connectivity index (χ1n) is 9.30. The van der Waals surface area contributed by atoms with Crippen molar-refractivity contribution in [1.82, 2.24) is 10.6 Å². The van der Waals surface area contributed by atoms with Crippen molar-refractivity contribution in [2.45, 2.75) is 81.8 Å². The normalized spacial score (nSPS) is 29.6. The van der Waals surface area contributed by atoms with Crippen LogP contribution in [0.25, 0.3) is 0 Å². The average molecular weight is 362 g/mol. The molecule has 0 spiro atoms. The number of carbonyl (C=O) groups is 1. The summed E-state index contributed by atoms with van der Waals surface area (Å²) in [5.41, 5.74) is 0. The van der Waals surface area contributed by atoms with Gasteiger partial charge in [-0.1, -0.05) is 32.1 Å². The predicted molar refractivity (Wildman–Crippen MR) is 92.8 cm³/mol. The molecule has 0 saturated carbocycles. The molecule has 0 bridgehead atoms. The molecule has 0 aromatic rings. The van der Waals surface area contributed by atoms with E-state index in [0.29, 0.717) is 6.42 Å². The average Bonchev–Trinajstić information content (AvgIpc) is 2.61.